The van der Waals surface area contributed by atoms with Crippen molar-refractivity contribution in [1.29, 1.82) is 0 Å². The number of carbonyl (C=O) groups is 2. The molecule has 92 valence electrons. The normalized spacial score (nSPS) is 11.1. The standard InChI is InChI=1S/C10H6ClF3O3/c1-17-9(16)6-3-8(11)7(10(12,13)14)2-5(6)4-15/h2-4H,1H3. The molecule has 7 heteroatoms. The lowest BCUT2D eigenvalue weighted by Gasteiger charge is -2.11. The first-order chi connectivity index (χ1) is 7.81. The van der Waals surface area contributed by atoms with Gasteiger partial charge in [-0.05, 0) is 12.1 Å². The fraction of sp³-hybridized carbons (Fsp3) is 0.200. The Hall–Kier alpha value is -1.56. The Kier molecular flexibility index (Phi) is 3.77. The molecule has 0 fully saturated rings. The number of benzene rings is 1. The van der Waals surface area contributed by atoms with Crippen LogP contribution in [-0.4, -0.2) is 19.4 Å². The van der Waals surface area contributed by atoms with Gasteiger partial charge < -0.3 is 4.74 Å². The number of alkyl halides is 3. The predicted molar refractivity (Wildman–Crippen MR) is 53.2 cm³/mol. The van der Waals surface area contributed by atoms with E-state index in [0.29, 0.717) is 6.07 Å². The smallest absolute Gasteiger partial charge is 0.417 e. The second-order valence-corrected chi connectivity index (χ2v) is 3.43. The summed E-state index contributed by atoms with van der Waals surface area (Å²) in [4.78, 5) is 21.8. The van der Waals surface area contributed by atoms with E-state index < -0.39 is 28.3 Å². The highest BCUT2D eigenvalue weighted by atomic mass is 35.5. The van der Waals surface area contributed by atoms with Gasteiger partial charge in [0.1, 0.15) is 0 Å². The second kappa shape index (κ2) is 4.75. The van der Waals surface area contributed by atoms with Crippen LogP contribution in [0.3, 0.4) is 0 Å². The van der Waals surface area contributed by atoms with Crippen LogP contribution in [0, 0.1) is 0 Å². The molecule has 0 aliphatic rings. The fourth-order valence-corrected chi connectivity index (χ4v) is 1.46. The first-order valence-electron chi connectivity index (χ1n) is 4.25. The van der Waals surface area contributed by atoms with E-state index >= 15 is 0 Å². The molecular weight excluding hydrogens is 261 g/mol. The Morgan fingerprint density at radius 3 is 2.41 bits per heavy atom. The third-order valence-corrected chi connectivity index (χ3v) is 2.29. The van der Waals surface area contributed by atoms with Crippen molar-refractivity contribution < 1.29 is 27.5 Å². The summed E-state index contributed by atoms with van der Waals surface area (Å²) in [5.74, 6) is -0.928. The SMILES string of the molecule is COC(=O)c1cc(Cl)c(C(F)(F)F)cc1C=O. The molecule has 0 saturated heterocycles. The van der Waals surface area contributed by atoms with Gasteiger partial charge in [-0.2, -0.15) is 13.2 Å². The van der Waals surface area contributed by atoms with Crippen molar-refractivity contribution in [1.82, 2.24) is 0 Å². The number of rotatable bonds is 2. The van der Waals surface area contributed by atoms with Crippen LogP contribution < -0.4 is 0 Å². The van der Waals surface area contributed by atoms with Gasteiger partial charge in [-0.25, -0.2) is 4.79 Å². The Labute approximate surface area is 99.1 Å². The highest BCUT2D eigenvalue weighted by Crippen LogP contribution is 2.36. The van der Waals surface area contributed by atoms with Crippen molar-refractivity contribution in [2.24, 2.45) is 0 Å². The number of halogens is 4. The van der Waals surface area contributed by atoms with Crippen LogP contribution in [0.1, 0.15) is 26.3 Å². The van der Waals surface area contributed by atoms with Crippen molar-refractivity contribution in [2.45, 2.75) is 6.18 Å². The van der Waals surface area contributed by atoms with E-state index in [1.165, 1.54) is 0 Å². The molecule has 0 unspecified atom stereocenters. The number of methoxy groups -OCH3 is 1. The Morgan fingerprint density at radius 2 is 2.00 bits per heavy atom. The van der Waals surface area contributed by atoms with Crippen LogP contribution in [0.4, 0.5) is 13.2 Å². The van der Waals surface area contributed by atoms with Crippen LogP contribution in [0.25, 0.3) is 0 Å². The molecule has 0 atom stereocenters. The number of aldehydes is 1. The van der Waals surface area contributed by atoms with Crippen LogP contribution in [-0.2, 0) is 10.9 Å². The largest absolute Gasteiger partial charge is 0.465 e. The maximum absolute atomic E-state index is 12.5. The zero-order valence-corrected chi connectivity index (χ0v) is 9.22. The zero-order valence-electron chi connectivity index (χ0n) is 8.47. The van der Waals surface area contributed by atoms with Crippen LogP contribution in [0.5, 0.6) is 0 Å². The van der Waals surface area contributed by atoms with E-state index in [2.05, 4.69) is 4.74 Å². The summed E-state index contributed by atoms with van der Waals surface area (Å²) in [5.41, 5.74) is -1.90. The molecule has 17 heavy (non-hydrogen) atoms. The van der Waals surface area contributed by atoms with E-state index in [0.717, 1.165) is 13.2 Å². The summed E-state index contributed by atoms with van der Waals surface area (Å²) in [7, 11) is 1.04. The summed E-state index contributed by atoms with van der Waals surface area (Å²) in [6.45, 7) is 0. The van der Waals surface area contributed by atoms with Gasteiger partial charge in [0, 0.05) is 5.56 Å². The summed E-state index contributed by atoms with van der Waals surface area (Å²) in [6.07, 6.45) is -4.55. The van der Waals surface area contributed by atoms with Gasteiger partial charge in [-0.1, -0.05) is 11.6 Å². The lowest BCUT2D eigenvalue weighted by atomic mass is 10.0. The molecule has 1 aromatic rings. The van der Waals surface area contributed by atoms with Crippen LogP contribution >= 0.6 is 11.6 Å². The summed E-state index contributed by atoms with van der Waals surface area (Å²) >= 11 is 5.40. The van der Waals surface area contributed by atoms with Gasteiger partial charge >= 0.3 is 12.1 Å². The molecule has 0 aromatic heterocycles. The van der Waals surface area contributed by atoms with Gasteiger partial charge in [-0.3, -0.25) is 4.79 Å². The minimum Gasteiger partial charge on any atom is -0.465 e. The van der Waals surface area contributed by atoms with Gasteiger partial charge in [-0.15, -0.1) is 0 Å². The average Bonchev–Trinajstić information content (AvgIpc) is 2.26. The van der Waals surface area contributed by atoms with Crippen molar-refractivity contribution in [3.63, 3.8) is 0 Å². The predicted octanol–water partition coefficient (Wildman–Crippen LogP) is 2.96. The van der Waals surface area contributed by atoms with Crippen LogP contribution in [0.2, 0.25) is 5.02 Å². The topological polar surface area (TPSA) is 43.4 Å². The molecule has 0 amide bonds. The monoisotopic (exact) mass is 266 g/mol. The minimum atomic E-state index is -4.69. The van der Waals surface area contributed by atoms with E-state index in [1.807, 2.05) is 0 Å². The van der Waals surface area contributed by atoms with Crippen molar-refractivity contribution in [3.05, 3.63) is 33.8 Å². The fourth-order valence-electron chi connectivity index (χ4n) is 1.19. The molecule has 1 rings (SSSR count). The lowest BCUT2D eigenvalue weighted by Crippen LogP contribution is -2.11. The Morgan fingerprint density at radius 1 is 1.41 bits per heavy atom. The van der Waals surface area contributed by atoms with E-state index in [1.54, 1.807) is 0 Å². The summed E-state index contributed by atoms with van der Waals surface area (Å²) in [5, 5.41) is -0.663. The molecule has 0 saturated carbocycles. The van der Waals surface area contributed by atoms with E-state index in [4.69, 9.17) is 11.6 Å². The minimum absolute atomic E-state index is 0.137. The number of carbonyl (C=O) groups excluding carboxylic acids is 2. The molecule has 0 spiro atoms. The quantitative estimate of drug-likeness (QED) is 0.610. The third kappa shape index (κ3) is 2.76. The Bertz CT molecular complexity index is 469. The molecular formula is C10H6ClF3O3. The summed E-state index contributed by atoms with van der Waals surface area (Å²) < 4.78 is 41.7. The molecule has 0 heterocycles. The van der Waals surface area contributed by atoms with Gasteiger partial charge in [0.25, 0.3) is 0 Å². The first kappa shape index (κ1) is 13.5. The Balaban J connectivity index is 3.45. The van der Waals surface area contributed by atoms with Gasteiger partial charge in [0.2, 0.25) is 0 Å². The average molecular weight is 267 g/mol. The first-order valence-corrected chi connectivity index (χ1v) is 4.63. The number of hydrogen-bond donors (Lipinski definition) is 0. The second-order valence-electron chi connectivity index (χ2n) is 3.03. The molecule has 0 aliphatic heterocycles. The summed E-state index contributed by atoms with van der Waals surface area (Å²) in [6, 6.07) is 1.28. The highest BCUT2D eigenvalue weighted by Gasteiger charge is 2.34. The molecule has 0 aliphatic carbocycles. The van der Waals surface area contributed by atoms with Crippen molar-refractivity contribution in [2.75, 3.05) is 7.11 Å². The maximum Gasteiger partial charge on any atom is 0.417 e. The van der Waals surface area contributed by atoms with E-state index in [9.17, 15) is 22.8 Å². The van der Waals surface area contributed by atoms with Gasteiger partial charge in [0.05, 0.1) is 23.3 Å². The number of hydrogen-bond acceptors (Lipinski definition) is 3. The van der Waals surface area contributed by atoms with Crippen molar-refractivity contribution in [3.8, 4) is 0 Å². The van der Waals surface area contributed by atoms with Crippen LogP contribution in [0.15, 0.2) is 12.1 Å². The molecule has 1 aromatic carbocycles. The lowest BCUT2D eigenvalue weighted by molar-refractivity contribution is -0.137. The van der Waals surface area contributed by atoms with Gasteiger partial charge in [0.15, 0.2) is 6.29 Å². The molecule has 0 N–H and O–H groups in total. The highest BCUT2D eigenvalue weighted by molar-refractivity contribution is 6.32. The van der Waals surface area contributed by atoms with Crippen molar-refractivity contribution >= 4 is 23.9 Å². The molecule has 3 nitrogen and oxygen atoms in total. The third-order valence-electron chi connectivity index (χ3n) is 1.98. The maximum atomic E-state index is 12.5. The zero-order chi connectivity index (χ0) is 13.2. The number of esters is 1. The van der Waals surface area contributed by atoms with E-state index in [-0.39, 0.29) is 11.8 Å². The molecule has 0 radical (unpaired) electrons. The molecule has 0 bridgehead atoms. The number of ether oxygens (including phenoxy) is 1.